The van der Waals surface area contributed by atoms with Gasteiger partial charge in [0, 0.05) is 6.42 Å². The van der Waals surface area contributed by atoms with Crippen LogP contribution >= 0.6 is 0 Å². The van der Waals surface area contributed by atoms with E-state index in [0.717, 1.165) is 30.8 Å². The maximum atomic E-state index is 5.93. The molecule has 0 fully saturated rings. The first-order valence-corrected chi connectivity index (χ1v) is 7.14. The molecule has 0 amide bonds. The van der Waals surface area contributed by atoms with Gasteiger partial charge < -0.3 is 9.73 Å². The van der Waals surface area contributed by atoms with Gasteiger partial charge in [-0.2, -0.15) is 0 Å². The summed E-state index contributed by atoms with van der Waals surface area (Å²) in [6.45, 7) is 2.13. The molecule has 2 heteroatoms. The SMILES string of the molecule is CCc1ccc(C(NC)C2Cc3ccccc3C2)o1. The molecule has 2 nitrogen and oxygen atoms in total. The molecule has 0 radical (unpaired) electrons. The fourth-order valence-corrected chi connectivity index (χ4v) is 3.19. The Labute approximate surface area is 114 Å². The van der Waals surface area contributed by atoms with Gasteiger partial charge in [-0.15, -0.1) is 0 Å². The minimum absolute atomic E-state index is 0.313. The molecule has 1 unspecified atom stereocenters. The fraction of sp³-hybridized carbons (Fsp3) is 0.412. The highest BCUT2D eigenvalue weighted by Crippen LogP contribution is 2.35. The molecule has 0 bridgehead atoms. The third kappa shape index (κ3) is 2.33. The lowest BCUT2D eigenvalue weighted by atomic mass is 9.95. The molecule has 19 heavy (non-hydrogen) atoms. The first kappa shape index (κ1) is 12.5. The first-order valence-electron chi connectivity index (χ1n) is 7.14. The molecule has 1 aromatic heterocycles. The summed E-state index contributed by atoms with van der Waals surface area (Å²) < 4.78 is 5.93. The first-order chi connectivity index (χ1) is 9.31. The molecule has 100 valence electrons. The van der Waals surface area contributed by atoms with E-state index in [1.807, 2.05) is 7.05 Å². The smallest absolute Gasteiger partial charge is 0.121 e. The highest BCUT2D eigenvalue weighted by Gasteiger charge is 2.30. The third-order valence-electron chi connectivity index (χ3n) is 4.20. The largest absolute Gasteiger partial charge is 0.464 e. The number of benzene rings is 1. The summed E-state index contributed by atoms with van der Waals surface area (Å²) >= 11 is 0. The quantitative estimate of drug-likeness (QED) is 0.904. The molecule has 2 aromatic rings. The zero-order chi connectivity index (χ0) is 13.2. The van der Waals surface area contributed by atoms with E-state index < -0.39 is 0 Å². The van der Waals surface area contributed by atoms with Crippen LogP contribution in [0.25, 0.3) is 0 Å². The van der Waals surface area contributed by atoms with E-state index in [-0.39, 0.29) is 0 Å². The van der Waals surface area contributed by atoms with Crippen molar-refractivity contribution in [3.63, 3.8) is 0 Å². The zero-order valence-corrected chi connectivity index (χ0v) is 11.6. The Hall–Kier alpha value is -1.54. The van der Waals surface area contributed by atoms with Crippen LogP contribution in [-0.4, -0.2) is 7.05 Å². The van der Waals surface area contributed by atoms with Gasteiger partial charge in [0.05, 0.1) is 6.04 Å². The number of rotatable bonds is 4. The summed E-state index contributed by atoms with van der Waals surface area (Å²) in [5.41, 5.74) is 2.99. The molecule has 0 spiro atoms. The lowest BCUT2D eigenvalue weighted by molar-refractivity contribution is 0.324. The predicted octanol–water partition coefficient (Wildman–Crippen LogP) is 3.52. The number of hydrogen-bond acceptors (Lipinski definition) is 2. The van der Waals surface area contributed by atoms with Crippen LogP contribution in [0.5, 0.6) is 0 Å². The molecule has 1 heterocycles. The molecular formula is C17H21NO. The summed E-state index contributed by atoms with van der Waals surface area (Å²) in [6, 6.07) is 13.3. The lowest BCUT2D eigenvalue weighted by Crippen LogP contribution is -2.25. The highest BCUT2D eigenvalue weighted by molar-refractivity contribution is 5.33. The number of fused-ring (bicyclic) bond motifs is 1. The van der Waals surface area contributed by atoms with Gasteiger partial charge in [0.15, 0.2) is 0 Å². The number of nitrogens with one attached hydrogen (secondary N) is 1. The van der Waals surface area contributed by atoms with Crippen molar-refractivity contribution in [2.45, 2.75) is 32.2 Å². The maximum Gasteiger partial charge on any atom is 0.121 e. The Bertz CT molecular complexity index is 533. The standard InChI is InChI=1S/C17H21NO/c1-3-15-8-9-16(19-15)17(18-2)14-10-12-6-4-5-7-13(12)11-14/h4-9,14,17-18H,3,10-11H2,1-2H3. The second-order valence-corrected chi connectivity index (χ2v) is 5.36. The summed E-state index contributed by atoms with van der Waals surface area (Å²) in [4.78, 5) is 0. The molecule has 1 aromatic carbocycles. The highest BCUT2D eigenvalue weighted by atomic mass is 16.3. The van der Waals surface area contributed by atoms with Gasteiger partial charge in [-0.3, -0.25) is 0 Å². The van der Waals surface area contributed by atoms with Crippen LogP contribution in [-0.2, 0) is 19.3 Å². The normalized spacial score (nSPS) is 16.5. The average molecular weight is 255 g/mol. The van der Waals surface area contributed by atoms with Crippen molar-refractivity contribution in [1.29, 1.82) is 0 Å². The van der Waals surface area contributed by atoms with E-state index in [4.69, 9.17) is 4.42 Å². The van der Waals surface area contributed by atoms with E-state index in [0.29, 0.717) is 12.0 Å². The Morgan fingerprint density at radius 3 is 2.37 bits per heavy atom. The minimum Gasteiger partial charge on any atom is -0.464 e. The molecular weight excluding hydrogens is 234 g/mol. The van der Waals surface area contributed by atoms with E-state index >= 15 is 0 Å². The maximum absolute atomic E-state index is 5.93. The van der Waals surface area contributed by atoms with Crippen molar-refractivity contribution in [3.8, 4) is 0 Å². The lowest BCUT2D eigenvalue weighted by Gasteiger charge is -2.20. The van der Waals surface area contributed by atoms with Crippen molar-refractivity contribution >= 4 is 0 Å². The monoisotopic (exact) mass is 255 g/mol. The Morgan fingerprint density at radius 2 is 1.84 bits per heavy atom. The summed E-state index contributed by atoms with van der Waals surface area (Å²) in [5, 5.41) is 3.44. The summed E-state index contributed by atoms with van der Waals surface area (Å²) in [6.07, 6.45) is 3.25. The van der Waals surface area contributed by atoms with Crippen molar-refractivity contribution in [1.82, 2.24) is 5.32 Å². The minimum atomic E-state index is 0.313. The molecule has 1 atom stereocenters. The van der Waals surface area contributed by atoms with Crippen LogP contribution in [0, 0.1) is 5.92 Å². The van der Waals surface area contributed by atoms with Crippen LogP contribution in [0.15, 0.2) is 40.8 Å². The number of furan rings is 1. The molecule has 1 aliphatic rings. The van der Waals surface area contributed by atoms with Crippen molar-refractivity contribution in [2.75, 3.05) is 7.05 Å². The van der Waals surface area contributed by atoms with Gasteiger partial charge in [-0.05, 0) is 49.1 Å². The number of aryl methyl sites for hydroxylation is 1. The van der Waals surface area contributed by atoms with E-state index in [2.05, 4.69) is 48.6 Å². The van der Waals surface area contributed by atoms with Gasteiger partial charge in [0.25, 0.3) is 0 Å². The molecule has 1 N–H and O–H groups in total. The average Bonchev–Trinajstić information content (AvgIpc) is 3.05. The molecule has 0 aliphatic heterocycles. The summed E-state index contributed by atoms with van der Waals surface area (Å²) in [5.74, 6) is 2.75. The van der Waals surface area contributed by atoms with Crippen LogP contribution < -0.4 is 5.32 Å². The third-order valence-corrected chi connectivity index (χ3v) is 4.20. The van der Waals surface area contributed by atoms with Crippen LogP contribution in [0.2, 0.25) is 0 Å². The zero-order valence-electron chi connectivity index (χ0n) is 11.6. The van der Waals surface area contributed by atoms with Crippen LogP contribution in [0.4, 0.5) is 0 Å². The van der Waals surface area contributed by atoms with Gasteiger partial charge in [0.2, 0.25) is 0 Å². The molecule has 0 saturated heterocycles. The van der Waals surface area contributed by atoms with Gasteiger partial charge in [-0.1, -0.05) is 31.2 Å². The van der Waals surface area contributed by atoms with Crippen molar-refractivity contribution in [2.24, 2.45) is 5.92 Å². The van der Waals surface area contributed by atoms with E-state index in [9.17, 15) is 0 Å². The Kier molecular flexibility index (Phi) is 3.43. The van der Waals surface area contributed by atoms with E-state index in [1.54, 1.807) is 0 Å². The predicted molar refractivity (Wildman–Crippen MR) is 77.2 cm³/mol. The van der Waals surface area contributed by atoms with Crippen molar-refractivity contribution in [3.05, 3.63) is 59.0 Å². The Balaban J connectivity index is 1.81. The Morgan fingerprint density at radius 1 is 1.16 bits per heavy atom. The molecule has 1 aliphatic carbocycles. The van der Waals surface area contributed by atoms with Crippen LogP contribution in [0.3, 0.4) is 0 Å². The number of hydrogen-bond donors (Lipinski definition) is 1. The van der Waals surface area contributed by atoms with Gasteiger partial charge in [-0.25, -0.2) is 0 Å². The summed E-state index contributed by atoms with van der Waals surface area (Å²) in [7, 11) is 2.03. The topological polar surface area (TPSA) is 25.2 Å². The van der Waals surface area contributed by atoms with Crippen molar-refractivity contribution < 1.29 is 4.42 Å². The molecule has 0 saturated carbocycles. The fourth-order valence-electron chi connectivity index (χ4n) is 3.19. The molecule has 3 rings (SSSR count). The van der Waals surface area contributed by atoms with Crippen LogP contribution in [0.1, 0.15) is 35.6 Å². The second kappa shape index (κ2) is 5.22. The second-order valence-electron chi connectivity index (χ2n) is 5.36. The van der Waals surface area contributed by atoms with E-state index in [1.165, 1.54) is 11.1 Å². The van der Waals surface area contributed by atoms with Gasteiger partial charge in [0.1, 0.15) is 11.5 Å². The van der Waals surface area contributed by atoms with Gasteiger partial charge >= 0.3 is 0 Å².